The molecule has 0 saturated heterocycles. The highest BCUT2D eigenvalue weighted by Gasteiger charge is 2.25. The van der Waals surface area contributed by atoms with Gasteiger partial charge in [0.25, 0.3) is 0 Å². The van der Waals surface area contributed by atoms with Gasteiger partial charge in [0.05, 0.1) is 13.2 Å². The quantitative estimate of drug-likeness (QED) is 0.839. The van der Waals surface area contributed by atoms with Gasteiger partial charge < -0.3 is 15.6 Å². The molecular weight excluding hydrogens is 354 g/mol. The Bertz CT molecular complexity index is 621. The summed E-state index contributed by atoms with van der Waals surface area (Å²) >= 11 is 9.68. The Balaban J connectivity index is 2.41. The van der Waals surface area contributed by atoms with Gasteiger partial charge in [0.2, 0.25) is 0 Å². The molecule has 3 N–H and O–H groups in total. The predicted molar refractivity (Wildman–Crippen MR) is 88.9 cm³/mol. The van der Waals surface area contributed by atoms with Crippen LogP contribution < -0.4 is 10.5 Å². The topological polar surface area (TPSA) is 55.5 Å². The standard InChI is InChI=1S/C16H17BrClNO2/c1-21-10-6-7-14(17)12(8-10)16(20)13(9-19)11-4-2-3-5-15(11)18/h2-8,13,16,20H,9,19H2,1H3. The van der Waals surface area contributed by atoms with Crippen LogP contribution in [0.1, 0.15) is 23.1 Å². The number of aliphatic hydroxyl groups excluding tert-OH is 1. The molecule has 112 valence electrons. The Morgan fingerprint density at radius 1 is 1.24 bits per heavy atom. The summed E-state index contributed by atoms with van der Waals surface area (Å²) in [4.78, 5) is 0. The number of rotatable bonds is 5. The van der Waals surface area contributed by atoms with Crippen molar-refractivity contribution in [2.24, 2.45) is 5.73 Å². The number of methoxy groups -OCH3 is 1. The third kappa shape index (κ3) is 3.58. The summed E-state index contributed by atoms with van der Waals surface area (Å²) in [5.41, 5.74) is 7.43. The van der Waals surface area contributed by atoms with Crippen LogP contribution in [0.5, 0.6) is 5.75 Å². The molecule has 3 nitrogen and oxygen atoms in total. The van der Waals surface area contributed by atoms with Gasteiger partial charge in [0.1, 0.15) is 5.75 Å². The minimum absolute atomic E-state index is 0.286. The van der Waals surface area contributed by atoms with Crippen molar-refractivity contribution in [3.63, 3.8) is 0 Å². The lowest BCUT2D eigenvalue weighted by Crippen LogP contribution is -2.21. The van der Waals surface area contributed by atoms with Crippen molar-refractivity contribution in [3.8, 4) is 5.75 Å². The molecule has 0 heterocycles. The average molecular weight is 371 g/mol. The van der Waals surface area contributed by atoms with E-state index >= 15 is 0 Å². The molecule has 0 amide bonds. The molecule has 0 aliphatic heterocycles. The summed E-state index contributed by atoms with van der Waals surface area (Å²) in [6.07, 6.45) is -0.778. The molecule has 0 radical (unpaired) electrons. The predicted octanol–water partition coefficient (Wildman–Crippen LogP) is 3.89. The normalized spacial score (nSPS) is 13.8. The van der Waals surface area contributed by atoms with Gasteiger partial charge in [-0.3, -0.25) is 0 Å². The van der Waals surface area contributed by atoms with Crippen molar-refractivity contribution in [1.29, 1.82) is 0 Å². The number of nitrogens with two attached hydrogens (primary N) is 1. The lowest BCUT2D eigenvalue weighted by molar-refractivity contribution is 0.146. The second kappa shape index (κ2) is 7.27. The number of hydrogen-bond acceptors (Lipinski definition) is 3. The molecule has 2 aromatic carbocycles. The summed E-state index contributed by atoms with van der Waals surface area (Å²) in [6, 6.07) is 12.9. The van der Waals surface area contributed by atoms with E-state index in [2.05, 4.69) is 15.9 Å². The van der Waals surface area contributed by atoms with E-state index in [0.29, 0.717) is 10.8 Å². The molecule has 21 heavy (non-hydrogen) atoms. The van der Waals surface area contributed by atoms with Crippen LogP contribution in [0.4, 0.5) is 0 Å². The van der Waals surface area contributed by atoms with Crippen LogP contribution in [-0.4, -0.2) is 18.8 Å². The Morgan fingerprint density at radius 3 is 2.57 bits per heavy atom. The fourth-order valence-electron chi connectivity index (χ4n) is 2.29. The number of aliphatic hydroxyl groups is 1. The summed E-state index contributed by atoms with van der Waals surface area (Å²) in [6.45, 7) is 0.286. The minimum atomic E-state index is -0.778. The highest BCUT2D eigenvalue weighted by Crippen LogP contribution is 2.38. The van der Waals surface area contributed by atoms with Gasteiger partial charge >= 0.3 is 0 Å². The number of halogens is 2. The number of hydrogen-bond donors (Lipinski definition) is 2. The SMILES string of the molecule is COc1ccc(Br)c(C(O)C(CN)c2ccccc2Cl)c1. The van der Waals surface area contributed by atoms with Crippen molar-refractivity contribution >= 4 is 27.5 Å². The van der Waals surface area contributed by atoms with Crippen LogP contribution in [0.3, 0.4) is 0 Å². The summed E-state index contributed by atoms with van der Waals surface area (Å²) in [5.74, 6) is 0.393. The van der Waals surface area contributed by atoms with Gasteiger partial charge in [0, 0.05) is 22.0 Å². The molecule has 0 bridgehead atoms. The Kier molecular flexibility index (Phi) is 5.65. The van der Waals surface area contributed by atoms with E-state index in [-0.39, 0.29) is 12.5 Å². The van der Waals surface area contributed by atoms with E-state index in [1.165, 1.54) is 0 Å². The first kappa shape index (κ1) is 16.3. The average Bonchev–Trinajstić information content (AvgIpc) is 2.50. The maximum Gasteiger partial charge on any atom is 0.119 e. The molecular formula is C16H17BrClNO2. The maximum absolute atomic E-state index is 10.7. The van der Waals surface area contributed by atoms with Crippen molar-refractivity contribution in [2.45, 2.75) is 12.0 Å². The smallest absolute Gasteiger partial charge is 0.119 e. The molecule has 0 aromatic heterocycles. The van der Waals surface area contributed by atoms with Gasteiger partial charge in [0.15, 0.2) is 0 Å². The number of ether oxygens (including phenoxy) is 1. The van der Waals surface area contributed by atoms with Gasteiger partial charge in [-0.15, -0.1) is 0 Å². The minimum Gasteiger partial charge on any atom is -0.497 e. The van der Waals surface area contributed by atoms with Crippen LogP contribution in [-0.2, 0) is 0 Å². The first-order valence-corrected chi connectivity index (χ1v) is 7.71. The van der Waals surface area contributed by atoms with E-state index < -0.39 is 6.10 Å². The lowest BCUT2D eigenvalue weighted by Gasteiger charge is -2.24. The zero-order valence-electron chi connectivity index (χ0n) is 11.6. The van der Waals surface area contributed by atoms with E-state index in [1.54, 1.807) is 19.2 Å². The fourth-order valence-corrected chi connectivity index (χ4v) is 3.05. The molecule has 2 atom stereocenters. The molecule has 0 fully saturated rings. The van der Waals surface area contributed by atoms with E-state index in [9.17, 15) is 5.11 Å². The van der Waals surface area contributed by atoms with Gasteiger partial charge in [-0.1, -0.05) is 45.7 Å². The zero-order chi connectivity index (χ0) is 15.4. The maximum atomic E-state index is 10.7. The van der Waals surface area contributed by atoms with Gasteiger partial charge in [-0.25, -0.2) is 0 Å². The molecule has 0 spiro atoms. The summed E-state index contributed by atoms with van der Waals surface area (Å²) in [5, 5.41) is 11.3. The Labute approximate surface area is 137 Å². The molecule has 2 unspecified atom stereocenters. The van der Waals surface area contributed by atoms with Crippen LogP contribution in [0.15, 0.2) is 46.9 Å². The van der Waals surface area contributed by atoms with E-state index in [4.69, 9.17) is 22.1 Å². The highest BCUT2D eigenvalue weighted by atomic mass is 79.9. The highest BCUT2D eigenvalue weighted by molar-refractivity contribution is 9.10. The molecule has 2 rings (SSSR count). The van der Waals surface area contributed by atoms with Crippen LogP contribution in [0.25, 0.3) is 0 Å². The van der Waals surface area contributed by atoms with Crippen molar-refractivity contribution in [1.82, 2.24) is 0 Å². The second-order valence-corrected chi connectivity index (χ2v) is 5.96. The van der Waals surface area contributed by atoms with E-state index in [0.717, 1.165) is 15.6 Å². The molecule has 0 aliphatic rings. The number of benzene rings is 2. The summed E-state index contributed by atoms with van der Waals surface area (Å²) < 4.78 is 6.02. The van der Waals surface area contributed by atoms with Gasteiger partial charge in [-0.05, 0) is 35.4 Å². The third-order valence-corrected chi connectivity index (χ3v) is 4.53. The Hall–Kier alpha value is -1.07. The third-order valence-electron chi connectivity index (χ3n) is 3.46. The summed E-state index contributed by atoms with van der Waals surface area (Å²) in [7, 11) is 1.59. The van der Waals surface area contributed by atoms with E-state index in [1.807, 2.05) is 30.3 Å². The first-order chi connectivity index (χ1) is 10.1. The van der Waals surface area contributed by atoms with Crippen LogP contribution >= 0.6 is 27.5 Å². The monoisotopic (exact) mass is 369 g/mol. The second-order valence-electron chi connectivity index (χ2n) is 4.70. The van der Waals surface area contributed by atoms with Crippen LogP contribution in [0.2, 0.25) is 5.02 Å². The lowest BCUT2D eigenvalue weighted by atomic mass is 9.89. The van der Waals surface area contributed by atoms with Crippen molar-refractivity contribution < 1.29 is 9.84 Å². The van der Waals surface area contributed by atoms with Gasteiger partial charge in [-0.2, -0.15) is 0 Å². The largest absolute Gasteiger partial charge is 0.497 e. The zero-order valence-corrected chi connectivity index (χ0v) is 13.9. The molecule has 0 saturated carbocycles. The molecule has 5 heteroatoms. The molecule has 0 aliphatic carbocycles. The molecule has 2 aromatic rings. The first-order valence-electron chi connectivity index (χ1n) is 6.54. The van der Waals surface area contributed by atoms with Crippen molar-refractivity contribution in [2.75, 3.05) is 13.7 Å². The Morgan fingerprint density at radius 2 is 1.95 bits per heavy atom. The van der Waals surface area contributed by atoms with Crippen molar-refractivity contribution in [3.05, 3.63) is 63.1 Å². The van der Waals surface area contributed by atoms with Crippen LogP contribution in [0, 0.1) is 0 Å². The fraction of sp³-hybridized carbons (Fsp3) is 0.250.